The quantitative estimate of drug-likeness (QED) is 0.175. The van der Waals surface area contributed by atoms with E-state index in [9.17, 15) is 0 Å². The van der Waals surface area contributed by atoms with Crippen molar-refractivity contribution in [3.8, 4) is 39.5 Å². The van der Waals surface area contributed by atoms with Gasteiger partial charge in [-0.25, -0.2) is 9.97 Å². The molecule has 0 fully saturated rings. The zero-order valence-corrected chi connectivity index (χ0v) is 33.0. The summed E-state index contributed by atoms with van der Waals surface area (Å²) in [5.41, 5.74) is 20.2. The van der Waals surface area contributed by atoms with E-state index in [2.05, 4.69) is 191 Å². The Labute approximate surface area is 353 Å². The molecule has 0 saturated heterocycles. The molecule has 0 unspecified atom stereocenters. The Morgan fingerprint density at radius 3 is 1.81 bits per heavy atom. The summed E-state index contributed by atoms with van der Waals surface area (Å²) < 4.78 is 11.4. The Hall–Kier alpha value is -8.28. The molecule has 16 rings (SSSR count). The molecule has 5 heteroatoms. The average molecular weight is 787 g/mol. The maximum Gasteiger partial charge on any atom is 0.235 e. The van der Waals surface area contributed by atoms with Crippen molar-refractivity contribution in [3.63, 3.8) is 0 Å². The van der Waals surface area contributed by atoms with Crippen molar-refractivity contribution in [2.45, 2.75) is 5.41 Å². The van der Waals surface area contributed by atoms with Gasteiger partial charge < -0.3 is 8.82 Å². The van der Waals surface area contributed by atoms with Gasteiger partial charge in [-0.05, 0) is 99.1 Å². The van der Waals surface area contributed by atoms with Crippen LogP contribution in [0.4, 0.5) is 0 Å². The number of fused-ring (bicyclic) bond motifs is 15. The van der Waals surface area contributed by atoms with Crippen LogP contribution in [-0.2, 0) is 5.41 Å². The minimum atomic E-state index is -0.455. The fraction of sp³-hybridized carbons (Fsp3) is 0.0175. The van der Waals surface area contributed by atoms with Gasteiger partial charge in [0.2, 0.25) is 5.95 Å². The third-order valence-electron chi connectivity index (χ3n) is 14.5. The summed E-state index contributed by atoms with van der Waals surface area (Å²) in [7, 11) is 0. The smallest absolute Gasteiger partial charge is 0.235 e. The van der Waals surface area contributed by atoms with Gasteiger partial charge in [0.05, 0.1) is 49.6 Å². The first-order valence-corrected chi connectivity index (χ1v) is 21.3. The Kier molecular flexibility index (Phi) is 5.46. The number of hydrogen-bond donors (Lipinski definition) is 0. The normalized spacial score (nSPS) is 13.9. The summed E-state index contributed by atoms with van der Waals surface area (Å²) in [6.07, 6.45) is 0. The van der Waals surface area contributed by atoms with Crippen LogP contribution in [0.25, 0.3) is 121 Å². The van der Waals surface area contributed by atoms with Crippen LogP contribution in [0.2, 0.25) is 0 Å². The molecule has 0 radical (unpaired) electrons. The number of nitrogens with zero attached hydrogens (tertiary/aromatic N) is 4. The van der Waals surface area contributed by atoms with Crippen LogP contribution >= 0.6 is 0 Å². The number of furan rings is 1. The molecule has 0 saturated carbocycles. The molecule has 1 spiro atoms. The highest BCUT2D eigenvalue weighted by Crippen LogP contribution is 2.63. The summed E-state index contributed by atoms with van der Waals surface area (Å²) in [4.78, 5) is 11.1. The van der Waals surface area contributed by atoms with Gasteiger partial charge in [-0.2, -0.15) is 0 Å². The first kappa shape index (κ1) is 31.6. The highest BCUT2D eigenvalue weighted by molar-refractivity contribution is 6.37. The zero-order chi connectivity index (χ0) is 40.0. The predicted molar refractivity (Wildman–Crippen MR) is 251 cm³/mol. The predicted octanol–water partition coefficient (Wildman–Crippen LogP) is 14.1. The van der Waals surface area contributed by atoms with Crippen molar-refractivity contribution in [1.29, 1.82) is 0 Å². The molecular formula is C57H30N4O. The Balaban J connectivity index is 1.01. The van der Waals surface area contributed by atoms with E-state index in [1.165, 1.54) is 77.1 Å². The van der Waals surface area contributed by atoms with Crippen molar-refractivity contribution in [2.24, 2.45) is 0 Å². The molecule has 14 aromatic rings. The number of rotatable bonds is 2. The van der Waals surface area contributed by atoms with Crippen LogP contribution in [0.3, 0.4) is 0 Å². The molecule has 5 heterocycles. The molecule has 0 N–H and O–H groups in total. The monoisotopic (exact) mass is 786 g/mol. The molecule has 0 aliphatic heterocycles. The maximum absolute atomic E-state index is 6.68. The van der Waals surface area contributed by atoms with Gasteiger partial charge in [0.15, 0.2) is 0 Å². The van der Waals surface area contributed by atoms with E-state index in [1.54, 1.807) is 0 Å². The minimum Gasteiger partial charge on any atom is -0.456 e. The Morgan fingerprint density at radius 1 is 0.403 bits per heavy atom. The topological polar surface area (TPSA) is 48.3 Å². The van der Waals surface area contributed by atoms with Crippen LogP contribution in [0, 0.1) is 0 Å². The van der Waals surface area contributed by atoms with Gasteiger partial charge in [0.1, 0.15) is 11.2 Å². The largest absolute Gasteiger partial charge is 0.456 e. The van der Waals surface area contributed by atoms with E-state index < -0.39 is 5.41 Å². The molecule has 5 aromatic heterocycles. The highest BCUT2D eigenvalue weighted by atomic mass is 16.3. The number of benzene rings is 9. The number of aromatic nitrogens is 4. The van der Waals surface area contributed by atoms with Crippen molar-refractivity contribution >= 4 is 82.0 Å². The SMILES string of the molecule is c1ccc2c(c1)-c1ccccc1C21c2ccccc2-c2ccc(-c3nc(-n4c5ccc6oc7ccc8c9ccccc9n9c%10cccc4c%10c5c6c7c89)nc4ccccc34)cc21. The van der Waals surface area contributed by atoms with Crippen LogP contribution in [0.1, 0.15) is 22.3 Å². The van der Waals surface area contributed by atoms with E-state index in [4.69, 9.17) is 14.4 Å². The second kappa shape index (κ2) is 10.7. The van der Waals surface area contributed by atoms with Gasteiger partial charge >= 0.3 is 0 Å². The number of hydrogen-bond acceptors (Lipinski definition) is 3. The zero-order valence-electron chi connectivity index (χ0n) is 33.0. The summed E-state index contributed by atoms with van der Waals surface area (Å²) in [6.45, 7) is 0. The van der Waals surface area contributed by atoms with Crippen molar-refractivity contribution in [3.05, 3.63) is 204 Å². The number of para-hydroxylation sites is 2. The first-order valence-electron chi connectivity index (χ1n) is 21.3. The van der Waals surface area contributed by atoms with Crippen LogP contribution in [0.15, 0.2) is 186 Å². The van der Waals surface area contributed by atoms with Gasteiger partial charge in [0.25, 0.3) is 0 Å². The Morgan fingerprint density at radius 2 is 1.02 bits per heavy atom. The van der Waals surface area contributed by atoms with Crippen LogP contribution in [0.5, 0.6) is 0 Å². The second-order valence-corrected chi connectivity index (χ2v) is 17.2. The lowest BCUT2D eigenvalue weighted by atomic mass is 9.70. The highest BCUT2D eigenvalue weighted by Gasteiger charge is 2.51. The van der Waals surface area contributed by atoms with E-state index >= 15 is 0 Å². The molecule has 284 valence electrons. The fourth-order valence-corrected chi connectivity index (χ4v) is 12.2. The van der Waals surface area contributed by atoms with Crippen LogP contribution in [-0.4, -0.2) is 18.9 Å². The molecule has 9 aromatic carbocycles. The van der Waals surface area contributed by atoms with Crippen molar-refractivity contribution in [1.82, 2.24) is 18.9 Å². The molecule has 2 aliphatic carbocycles. The third kappa shape index (κ3) is 3.47. The van der Waals surface area contributed by atoms with Gasteiger partial charge in [-0.1, -0.05) is 127 Å². The molecule has 0 atom stereocenters. The van der Waals surface area contributed by atoms with Gasteiger partial charge in [-0.3, -0.25) is 4.57 Å². The standard InChI is InChI=1S/C57H30N4O/c1-6-17-39-32(12-1)33-13-2-7-18-40(33)57(39)41-19-8-3-14-34(41)35-25-24-31(30-42(35)57)54-38-16-4-9-20-43(38)58-56(59-54)61-46-23-11-22-45-50(46)51-47(61)27-29-48-52(51)53-49(62-48)28-26-37-36-15-5-10-21-44(36)60(45)55(37)53/h1-30H. The molecule has 2 aliphatic rings. The maximum atomic E-state index is 6.68. The van der Waals surface area contributed by atoms with E-state index in [0.29, 0.717) is 5.95 Å². The summed E-state index contributed by atoms with van der Waals surface area (Å²) >= 11 is 0. The fourth-order valence-electron chi connectivity index (χ4n) is 12.2. The van der Waals surface area contributed by atoms with Gasteiger partial charge in [0, 0.05) is 37.9 Å². The minimum absolute atomic E-state index is 0.455. The lowest BCUT2D eigenvalue weighted by Crippen LogP contribution is -2.25. The molecular weight excluding hydrogens is 757 g/mol. The Bertz CT molecular complexity index is 4230. The van der Waals surface area contributed by atoms with Gasteiger partial charge in [-0.15, -0.1) is 0 Å². The van der Waals surface area contributed by atoms with Crippen molar-refractivity contribution < 1.29 is 4.42 Å². The third-order valence-corrected chi connectivity index (χ3v) is 14.5. The molecule has 62 heavy (non-hydrogen) atoms. The molecule has 5 nitrogen and oxygen atoms in total. The summed E-state index contributed by atoms with van der Waals surface area (Å²) in [5.74, 6) is 0.640. The molecule has 0 amide bonds. The van der Waals surface area contributed by atoms with Crippen molar-refractivity contribution in [2.75, 3.05) is 0 Å². The lowest BCUT2D eigenvalue weighted by molar-refractivity contribution is 0.669. The first-order chi connectivity index (χ1) is 30.8. The van der Waals surface area contributed by atoms with Crippen LogP contribution < -0.4 is 0 Å². The van der Waals surface area contributed by atoms with E-state index in [0.717, 1.165) is 60.6 Å². The summed E-state index contributed by atoms with van der Waals surface area (Å²) in [5, 5.41) is 8.11. The summed E-state index contributed by atoms with van der Waals surface area (Å²) in [6, 6.07) is 66.6. The lowest BCUT2D eigenvalue weighted by Gasteiger charge is -2.30. The second-order valence-electron chi connectivity index (χ2n) is 17.2. The average Bonchev–Trinajstić information content (AvgIpc) is 4.09. The van der Waals surface area contributed by atoms with E-state index in [1.807, 2.05) is 0 Å². The van der Waals surface area contributed by atoms with E-state index in [-0.39, 0.29) is 0 Å². The molecule has 0 bridgehead atoms.